The fraction of sp³-hybridized carbons (Fsp3) is 0.100. The maximum absolute atomic E-state index is 12.2. The fourth-order valence-corrected chi connectivity index (χ4v) is 2.95. The number of nitrogens with one attached hydrogen (secondary N) is 2. The molecule has 3 aromatic heterocycles. The number of hydrogen-bond donors (Lipinski definition) is 3. The number of anilines is 2. The zero-order valence-corrected chi connectivity index (χ0v) is 15.9. The minimum Gasteiger partial charge on any atom is -0.382 e. The van der Waals surface area contributed by atoms with Crippen molar-refractivity contribution in [2.24, 2.45) is 0 Å². The molecule has 0 fully saturated rings. The summed E-state index contributed by atoms with van der Waals surface area (Å²) in [4.78, 5) is 24.4. The number of alkyl halides is 3. The normalized spacial score (nSPS) is 11.5. The molecule has 0 radical (unpaired) electrons. The number of aromatic nitrogens is 4. The molecule has 0 spiro atoms. The van der Waals surface area contributed by atoms with Gasteiger partial charge in [0, 0.05) is 23.0 Å². The number of nitrogens with zero attached hydrogens (tertiary/aromatic N) is 4. The molecule has 0 aliphatic rings. The van der Waals surface area contributed by atoms with Crippen molar-refractivity contribution in [3.63, 3.8) is 0 Å². The van der Waals surface area contributed by atoms with Crippen molar-refractivity contribution in [1.29, 1.82) is 0 Å². The molecule has 11 heteroatoms. The monoisotopic (exact) mass is 427 g/mol. The van der Waals surface area contributed by atoms with Gasteiger partial charge in [-0.15, -0.1) is 0 Å². The molecule has 31 heavy (non-hydrogen) atoms. The third-order valence-electron chi connectivity index (χ3n) is 4.35. The fourth-order valence-electron chi connectivity index (χ4n) is 2.95. The van der Waals surface area contributed by atoms with Gasteiger partial charge in [0.1, 0.15) is 18.0 Å². The van der Waals surface area contributed by atoms with Gasteiger partial charge in [-0.3, -0.25) is 9.38 Å². The first-order chi connectivity index (χ1) is 14.8. The number of fused-ring (bicyclic) bond motifs is 1. The highest BCUT2D eigenvalue weighted by Gasteiger charge is 2.27. The number of hydrogen-bond acceptors (Lipinski definition) is 5. The van der Waals surface area contributed by atoms with Crippen LogP contribution in [0.1, 0.15) is 0 Å². The maximum Gasteiger partial charge on any atom is 0.405 e. The van der Waals surface area contributed by atoms with E-state index in [0.29, 0.717) is 22.8 Å². The zero-order valence-electron chi connectivity index (χ0n) is 15.9. The van der Waals surface area contributed by atoms with Gasteiger partial charge in [-0.2, -0.15) is 13.2 Å². The number of carbonyl (C=O) groups excluding carboxylic acids is 1. The van der Waals surface area contributed by atoms with Crippen LogP contribution < -0.4 is 16.4 Å². The van der Waals surface area contributed by atoms with E-state index in [-0.39, 0.29) is 0 Å². The number of nitrogen functional groups attached to an aromatic ring is 1. The molecule has 0 saturated carbocycles. The second-order valence-corrected chi connectivity index (χ2v) is 6.62. The molecule has 0 unspecified atom stereocenters. The van der Waals surface area contributed by atoms with Crippen LogP contribution in [0.25, 0.3) is 28.2 Å². The number of carbonyl (C=O) groups is 1. The lowest BCUT2D eigenvalue weighted by Crippen LogP contribution is -2.36. The van der Waals surface area contributed by atoms with Crippen LogP contribution in [0.2, 0.25) is 0 Å². The lowest BCUT2D eigenvalue weighted by molar-refractivity contribution is -0.122. The SMILES string of the molecule is Nc1cnc(-c2ccn3c(-c4cccc(NC(=O)NCC(F)(F)F)c4)cnc3c2)cn1. The summed E-state index contributed by atoms with van der Waals surface area (Å²) in [6, 6.07) is 9.48. The van der Waals surface area contributed by atoms with E-state index in [9.17, 15) is 18.0 Å². The van der Waals surface area contributed by atoms with Gasteiger partial charge in [-0.05, 0) is 24.3 Å². The Morgan fingerprint density at radius 3 is 2.61 bits per heavy atom. The van der Waals surface area contributed by atoms with E-state index in [1.807, 2.05) is 28.8 Å². The number of imidazole rings is 1. The summed E-state index contributed by atoms with van der Waals surface area (Å²) in [5, 5.41) is 4.16. The summed E-state index contributed by atoms with van der Waals surface area (Å²) in [7, 11) is 0. The highest BCUT2D eigenvalue weighted by Crippen LogP contribution is 2.26. The lowest BCUT2D eigenvalue weighted by atomic mass is 10.1. The maximum atomic E-state index is 12.2. The van der Waals surface area contributed by atoms with Gasteiger partial charge in [-0.1, -0.05) is 12.1 Å². The summed E-state index contributed by atoms with van der Waals surface area (Å²) in [6.07, 6.45) is 2.05. The second-order valence-electron chi connectivity index (χ2n) is 6.62. The second kappa shape index (κ2) is 7.94. The van der Waals surface area contributed by atoms with Crippen LogP contribution in [0.4, 0.5) is 29.5 Å². The molecule has 158 valence electrons. The first-order valence-electron chi connectivity index (χ1n) is 9.05. The van der Waals surface area contributed by atoms with E-state index in [1.54, 1.807) is 35.9 Å². The van der Waals surface area contributed by atoms with Gasteiger partial charge in [0.15, 0.2) is 0 Å². The van der Waals surface area contributed by atoms with Crippen molar-refractivity contribution in [1.82, 2.24) is 24.7 Å². The van der Waals surface area contributed by atoms with Crippen molar-refractivity contribution in [2.75, 3.05) is 17.6 Å². The Hall–Kier alpha value is -4.15. The minimum atomic E-state index is -4.48. The molecule has 4 aromatic rings. The molecule has 2 amide bonds. The minimum absolute atomic E-state index is 0.327. The Kier molecular flexibility index (Phi) is 5.15. The highest BCUT2D eigenvalue weighted by molar-refractivity contribution is 5.90. The first-order valence-corrected chi connectivity index (χ1v) is 9.05. The van der Waals surface area contributed by atoms with Gasteiger partial charge < -0.3 is 16.4 Å². The van der Waals surface area contributed by atoms with Crippen molar-refractivity contribution < 1.29 is 18.0 Å². The zero-order chi connectivity index (χ0) is 22.0. The number of benzene rings is 1. The summed E-state index contributed by atoms with van der Waals surface area (Å²) in [5.74, 6) is 0.327. The van der Waals surface area contributed by atoms with Gasteiger partial charge in [0.25, 0.3) is 0 Å². The molecule has 0 saturated heterocycles. The molecule has 0 aliphatic heterocycles. The van der Waals surface area contributed by atoms with Crippen LogP contribution >= 0.6 is 0 Å². The van der Waals surface area contributed by atoms with Crippen molar-refractivity contribution in [3.8, 4) is 22.5 Å². The summed E-state index contributed by atoms with van der Waals surface area (Å²) >= 11 is 0. The predicted molar refractivity (Wildman–Crippen MR) is 109 cm³/mol. The van der Waals surface area contributed by atoms with E-state index >= 15 is 0 Å². The van der Waals surface area contributed by atoms with Gasteiger partial charge in [0.2, 0.25) is 0 Å². The van der Waals surface area contributed by atoms with E-state index < -0.39 is 18.8 Å². The number of pyridine rings is 1. The summed E-state index contributed by atoms with van der Waals surface area (Å²) in [6.45, 7) is -1.41. The smallest absolute Gasteiger partial charge is 0.382 e. The van der Waals surface area contributed by atoms with E-state index in [4.69, 9.17) is 5.73 Å². The molecule has 0 atom stereocenters. The predicted octanol–water partition coefficient (Wildman–Crippen LogP) is 3.72. The van der Waals surface area contributed by atoms with Crippen LogP contribution in [0.5, 0.6) is 0 Å². The average molecular weight is 427 g/mol. The Morgan fingerprint density at radius 2 is 1.87 bits per heavy atom. The molecule has 8 nitrogen and oxygen atoms in total. The molecule has 1 aromatic carbocycles. The lowest BCUT2D eigenvalue weighted by Gasteiger charge is -2.11. The number of urea groups is 1. The molecular weight excluding hydrogens is 411 g/mol. The molecular formula is C20H16F3N7O. The Balaban J connectivity index is 1.57. The van der Waals surface area contributed by atoms with E-state index in [0.717, 1.165) is 16.8 Å². The third-order valence-corrected chi connectivity index (χ3v) is 4.35. The Morgan fingerprint density at radius 1 is 1.03 bits per heavy atom. The van der Waals surface area contributed by atoms with Crippen LogP contribution in [-0.4, -0.2) is 38.1 Å². The topological polar surface area (TPSA) is 110 Å². The number of nitrogens with two attached hydrogens (primary N) is 1. The van der Waals surface area contributed by atoms with E-state index in [2.05, 4.69) is 20.3 Å². The molecule has 0 aliphatic carbocycles. The van der Waals surface area contributed by atoms with Crippen LogP contribution in [0.15, 0.2) is 61.2 Å². The highest BCUT2D eigenvalue weighted by atomic mass is 19.4. The van der Waals surface area contributed by atoms with Gasteiger partial charge >= 0.3 is 12.2 Å². The largest absolute Gasteiger partial charge is 0.405 e. The molecule has 0 bridgehead atoms. The average Bonchev–Trinajstić information content (AvgIpc) is 3.16. The van der Waals surface area contributed by atoms with Crippen LogP contribution in [0.3, 0.4) is 0 Å². The Labute approximate surface area is 174 Å². The van der Waals surface area contributed by atoms with Gasteiger partial charge in [0.05, 0.1) is 30.0 Å². The standard InChI is InChI=1S/C20H16F3N7O/c21-20(22,23)11-28-19(31)29-14-3-1-2-13(6-14)16-9-27-18-7-12(4-5-30(16)18)15-8-26-17(24)10-25-15/h1-10H,11H2,(H2,24,26)(H2,28,29,31). The quantitative estimate of drug-likeness (QED) is 0.460. The Bertz CT molecular complexity index is 1240. The number of amides is 2. The van der Waals surface area contributed by atoms with Crippen molar-refractivity contribution in [2.45, 2.75) is 6.18 Å². The summed E-state index contributed by atoms with van der Waals surface area (Å²) in [5.41, 5.74) is 9.51. The number of rotatable bonds is 4. The summed E-state index contributed by atoms with van der Waals surface area (Å²) < 4.78 is 38.6. The molecule has 4 rings (SSSR count). The molecule has 4 N–H and O–H groups in total. The third kappa shape index (κ3) is 4.71. The molecule has 3 heterocycles. The van der Waals surface area contributed by atoms with E-state index in [1.165, 1.54) is 6.20 Å². The van der Waals surface area contributed by atoms with Crippen molar-refractivity contribution in [3.05, 3.63) is 61.2 Å². The van der Waals surface area contributed by atoms with Crippen LogP contribution in [-0.2, 0) is 0 Å². The first kappa shape index (κ1) is 20.1. The van der Waals surface area contributed by atoms with Crippen molar-refractivity contribution >= 4 is 23.2 Å². The van der Waals surface area contributed by atoms with Crippen LogP contribution in [0, 0.1) is 0 Å². The van der Waals surface area contributed by atoms with Gasteiger partial charge in [-0.25, -0.2) is 14.8 Å². The number of halogens is 3.